The number of hydrogen-bond donors (Lipinski definition) is 2. The molecule has 1 amide bonds. The van der Waals surface area contributed by atoms with E-state index in [0.717, 1.165) is 17.1 Å². The molecule has 3 rings (SSSR count). The van der Waals surface area contributed by atoms with Crippen molar-refractivity contribution in [1.29, 1.82) is 0 Å². The van der Waals surface area contributed by atoms with E-state index in [0.29, 0.717) is 11.4 Å². The van der Waals surface area contributed by atoms with Crippen LogP contribution < -0.4 is 20.1 Å². The predicted molar refractivity (Wildman–Crippen MR) is 98.8 cm³/mol. The Morgan fingerprint density at radius 2 is 1.28 bits per heavy atom. The average Bonchev–Trinajstić information content (AvgIpc) is 2.65. The number of benzene rings is 3. The number of rotatable bonds is 5. The van der Waals surface area contributed by atoms with Crippen LogP contribution in [0.3, 0.4) is 0 Å². The molecule has 5 nitrogen and oxygen atoms in total. The Bertz CT molecular complexity index is 816. The molecule has 0 aliphatic carbocycles. The van der Waals surface area contributed by atoms with Crippen LogP contribution in [0.15, 0.2) is 78.9 Å². The van der Waals surface area contributed by atoms with Gasteiger partial charge < -0.3 is 14.8 Å². The second kappa shape index (κ2) is 7.88. The molecule has 0 fully saturated rings. The number of amides is 1. The minimum atomic E-state index is -0.526. The number of nitrogens with one attached hydrogen (secondary N) is 2. The van der Waals surface area contributed by atoms with Gasteiger partial charge in [0.1, 0.15) is 11.5 Å². The highest BCUT2D eigenvalue weighted by molar-refractivity contribution is 5.86. The molecule has 0 aromatic heterocycles. The summed E-state index contributed by atoms with van der Waals surface area (Å²) in [4.78, 5) is 11.9. The molecule has 5 heteroatoms. The van der Waals surface area contributed by atoms with Crippen LogP contribution in [0.5, 0.6) is 11.5 Å². The van der Waals surface area contributed by atoms with E-state index in [2.05, 4.69) is 10.6 Å². The van der Waals surface area contributed by atoms with E-state index in [1.165, 1.54) is 0 Å². The third-order valence-corrected chi connectivity index (χ3v) is 3.46. The Hall–Kier alpha value is -3.47. The van der Waals surface area contributed by atoms with Crippen LogP contribution in [0, 0.1) is 0 Å². The minimum Gasteiger partial charge on any atom is -0.497 e. The van der Waals surface area contributed by atoms with E-state index in [-0.39, 0.29) is 0 Å². The number of carbonyl (C=O) groups excluding carboxylic acids is 1. The highest BCUT2D eigenvalue weighted by Gasteiger charge is 2.05. The van der Waals surface area contributed by atoms with E-state index in [4.69, 9.17) is 9.47 Å². The molecule has 2 N–H and O–H groups in total. The maximum atomic E-state index is 11.9. The highest BCUT2D eigenvalue weighted by Crippen LogP contribution is 2.21. The van der Waals surface area contributed by atoms with Gasteiger partial charge in [0.2, 0.25) is 0 Å². The summed E-state index contributed by atoms with van der Waals surface area (Å²) in [6.07, 6.45) is -0.526. The molecule has 0 heterocycles. The Labute approximate surface area is 146 Å². The molecule has 126 valence electrons. The first-order valence-corrected chi connectivity index (χ1v) is 7.78. The zero-order valence-corrected chi connectivity index (χ0v) is 13.7. The van der Waals surface area contributed by atoms with Gasteiger partial charge in [0, 0.05) is 17.1 Å². The van der Waals surface area contributed by atoms with Gasteiger partial charge >= 0.3 is 6.09 Å². The molecule has 0 spiro atoms. The Kier molecular flexibility index (Phi) is 5.16. The molecule has 0 aliphatic rings. The zero-order valence-electron chi connectivity index (χ0n) is 13.7. The van der Waals surface area contributed by atoms with Crippen molar-refractivity contribution in [3.63, 3.8) is 0 Å². The topological polar surface area (TPSA) is 59.6 Å². The lowest BCUT2D eigenvalue weighted by molar-refractivity contribution is 0.215. The molecule has 0 saturated heterocycles. The van der Waals surface area contributed by atoms with Crippen LogP contribution in [-0.4, -0.2) is 13.2 Å². The molecule has 0 atom stereocenters. The molecule has 0 saturated carbocycles. The maximum absolute atomic E-state index is 11.9. The standard InChI is InChI=1S/C20H18N2O3/c1-24-18-13-11-16(12-14-18)21-15-7-9-17(10-8-15)22-20(23)25-19-5-3-2-4-6-19/h2-14,21H,1H3,(H,22,23). The van der Waals surface area contributed by atoms with Crippen LogP contribution in [0.25, 0.3) is 0 Å². The van der Waals surface area contributed by atoms with Crippen LogP contribution in [0.1, 0.15) is 0 Å². The van der Waals surface area contributed by atoms with Crippen molar-refractivity contribution in [2.75, 3.05) is 17.7 Å². The monoisotopic (exact) mass is 334 g/mol. The maximum Gasteiger partial charge on any atom is 0.417 e. The van der Waals surface area contributed by atoms with E-state index >= 15 is 0 Å². The van der Waals surface area contributed by atoms with E-state index in [9.17, 15) is 4.79 Å². The number of methoxy groups -OCH3 is 1. The summed E-state index contributed by atoms with van der Waals surface area (Å²) >= 11 is 0. The molecular formula is C20H18N2O3. The molecule has 3 aromatic rings. The summed E-state index contributed by atoms with van der Waals surface area (Å²) in [6.45, 7) is 0. The average molecular weight is 334 g/mol. The van der Waals surface area contributed by atoms with Crippen molar-refractivity contribution in [3.05, 3.63) is 78.9 Å². The van der Waals surface area contributed by atoms with Gasteiger partial charge in [-0.3, -0.25) is 5.32 Å². The van der Waals surface area contributed by atoms with Gasteiger partial charge in [0.05, 0.1) is 7.11 Å². The molecular weight excluding hydrogens is 316 g/mol. The Morgan fingerprint density at radius 1 is 0.720 bits per heavy atom. The second-order valence-corrected chi connectivity index (χ2v) is 5.26. The lowest BCUT2D eigenvalue weighted by Crippen LogP contribution is -2.16. The van der Waals surface area contributed by atoms with Crippen LogP contribution >= 0.6 is 0 Å². The summed E-state index contributed by atoms with van der Waals surface area (Å²) in [7, 11) is 1.64. The molecule has 0 unspecified atom stereocenters. The van der Waals surface area contributed by atoms with Gasteiger partial charge in [-0.1, -0.05) is 18.2 Å². The Morgan fingerprint density at radius 3 is 1.88 bits per heavy atom. The van der Waals surface area contributed by atoms with E-state index < -0.39 is 6.09 Å². The second-order valence-electron chi connectivity index (χ2n) is 5.26. The summed E-state index contributed by atoms with van der Waals surface area (Å²) in [6, 6.07) is 23.9. The molecule has 0 bridgehead atoms. The fourth-order valence-corrected chi connectivity index (χ4v) is 2.22. The number of anilines is 3. The molecule has 3 aromatic carbocycles. The normalized spacial score (nSPS) is 9.96. The summed E-state index contributed by atoms with van der Waals surface area (Å²) < 4.78 is 10.3. The number of ether oxygens (including phenoxy) is 2. The molecule has 25 heavy (non-hydrogen) atoms. The first kappa shape index (κ1) is 16.4. The fraction of sp³-hybridized carbons (Fsp3) is 0.0500. The number of hydrogen-bond acceptors (Lipinski definition) is 4. The van der Waals surface area contributed by atoms with Crippen LogP contribution in [0.4, 0.5) is 21.9 Å². The van der Waals surface area contributed by atoms with Gasteiger partial charge in [-0.05, 0) is 60.7 Å². The highest BCUT2D eigenvalue weighted by atomic mass is 16.6. The molecule has 0 radical (unpaired) electrons. The van der Waals surface area contributed by atoms with Gasteiger partial charge in [-0.25, -0.2) is 4.79 Å². The summed E-state index contributed by atoms with van der Waals surface area (Å²) in [5.74, 6) is 1.31. The van der Waals surface area contributed by atoms with Gasteiger partial charge in [0.25, 0.3) is 0 Å². The smallest absolute Gasteiger partial charge is 0.417 e. The third-order valence-electron chi connectivity index (χ3n) is 3.46. The van der Waals surface area contributed by atoms with E-state index in [1.807, 2.05) is 54.6 Å². The van der Waals surface area contributed by atoms with Crippen molar-refractivity contribution < 1.29 is 14.3 Å². The number of carbonyl (C=O) groups is 1. The van der Waals surface area contributed by atoms with Crippen LogP contribution in [0.2, 0.25) is 0 Å². The quantitative estimate of drug-likeness (QED) is 0.685. The van der Waals surface area contributed by atoms with Crippen molar-refractivity contribution >= 4 is 23.2 Å². The van der Waals surface area contributed by atoms with Crippen molar-refractivity contribution in [1.82, 2.24) is 0 Å². The van der Waals surface area contributed by atoms with Crippen molar-refractivity contribution in [2.45, 2.75) is 0 Å². The minimum absolute atomic E-state index is 0.498. The third kappa shape index (κ3) is 4.75. The number of para-hydroxylation sites is 1. The fourth-order valence-electron chi connectivity index (χ4n) is 2.22. The van der Waals surface area contributed by atoms with Gasteiger partial charge in [-0.2, -0.15) is 0 Å². The first-order valence-electron chi connectivity index (χ1n) is 7.78. The van der Waals surface area contributed by atoms with Crippen molar-refractivity contribution in [3.8, 4) is 11.5 Å². The summed E-state index contributed by atoms with van der Waals surface area (Å²) in [5, 5.41) is 5.97. The SMILES string of the molecule is COc1ccc(Nc2ccc(NC(=O)Oc3ccccc3)cc2)cc1. The lowest BCUT2D eigenvalue weighted by Gasteiger charge is -2.09. The Balaban J connectivity index is 1.57. The van der Waals surface area contributed by atoms with Crippen LogP contribution in [-0.2, 0) is 0 Å². The lowest BCUT2D eigenvalue weighted by atomic mass is 10.2. The van der Waals surface area contributed by atoms with E-state index in [1.54, 1.807) is 31.4 Å². The zero-order chi connectivity index (χ0) is 17.5. The summed E-state index contributed by atoms with van der Waals surface area (Å²) in [5.41, 5.74) is 2.51. The van der Waals surface area contributed by atoms with Crippen molar-refractivity contribution in [2.24, 2.45) is 0 Å². The van der Waals surface area contributed by atoms with Gasteiger partial charge in [-0.15, -0.1) is 0 Å². The predicted octanol–water partition coefficient (Wildman–Crippen LogP) is 5.05. The van der Waals surface area contributed by atoms with Gasteiger partial charge in [0.15, 0.2) is 0 Å². The largest absolute Gasteiger partial charge is 0.497 e. The first-order chi connectivity index (χ1) is 12.2. The molecule has 0 aliphatic heterocycles.